The second-order valence-electron chi connectivity index (χ2n) is 5.95. The minimum Gasteiger partial charge on any atom is -0.337 e. The van der Waals surface area contributed by atoms with E-state index in [0.29, 0.717) is 0 Å². The molecule has 1 aliphatic carbocycles. The van der Waals surface area contributed by atoms with E-state index in [0.717, 1.165) is 35.7 Å². The molecule has 1 saturated heterocycles. The quantitative estimate of drug-likeness (QED) is 0.918. The summed E-state index contributed by atoms with van der Waals surface area (Å²) in [5, 5.41) is 8.41. The summed E-state index contributed by atoms with van der Waals surface area (Å²) in [5.74, 6) is 2.52. The van der Waals surface area contributed by atoms with Crippen LogP contribution in [0.5, 0.6) is 0 Å². The monoisotopic (exact) mass is 281 g/mol. The lowest BCUT2D eigenvalue weighted by atomic mass is 10.0. The SMILES string of the molecule is CC1(c2nc(CSC3CCCCC3)no2)CCCN1. The van der Waals surface area contributed by atoms with E-state index in [1.807, 2.05) is 11.8 Å². The first-order chi connectivity index (χ1) is 9.26. The molecule has 0 aromatic carbocycles. The van der Waals surface area contributed by atoms with E-state index in [-0.39, 0.29) is 5.54 Å². The fraction of sp³-hybridized carbons (Fsp3) is 0.857. The zero-order valence-electron chi connectivity index (χ0n) is 11.7. The predicted molar refractivity (Wildman–Crippen MR) is 77.1 cm³/mol. The standard InChI is InChI=1S/C14H23N3OS/c1-14(8-5-9-15-14)13-16-12(17-18-13)10-19-11-6-3-2-4-7-11/h11,15H,2-10H2,1H3. The van der Waals surface area contributed by atoms with Gasteiger partial charge in [-0.2, -0.15) is 16.7 Å². The highest BCUT2D eigenvalue weighted by Gasteiger charge is 2.35. The number of nitrogens with zero attached hydrogens (tertiary/aromatic N) is 2. The summed E-state index contributed by atoms with van der Waals surface area (Å²) < 4.78 is 5.45. The van der Waals surface area contributed by atoms with E-state index in [2.05, 4.69) is 22.4 Å². The highest BCUT2D eigenvalue weighted by Crippen LogP contribution is 2.32. The van der Waals surface area contributed by atoms with Crippen molar-refractivity contribution in [1.29, 1.82) is 0 Å². The maximum atomic E-state index is 5.45. The van der Waals surface area contributed by atoms with Crippen LogP contribution >= 0.6 is 11.8 Å². The molecule has 0 radical (unpaired) electrons. The number of aromatic nitrogens is 2. The van der Waals surface area contributed by atoms with Gasteiger partial charge in [0.1, 0.15) is 0 Å². The molecule has 2 aliphatic rings. The third kappa shape index (κ3) is 3.14. The van der Waals surface area contributed by atoms with Crippen molar-refractivity contribution in [3.05, 3.63) is 11.7 Å². The van der Waals surface area contributed by atoms with Crippen LogP contribution in [0.3, 0.4) is 0 Å². The highest BCUT2D eigenvalue weighted by atomic mass is 32.2. The van der Waals surface area contributed by atoms with Gasteiger partial charge in [0, 0.05) is 5.25 Å². The average Bonchev–Trinajstić information content (AvgIpc) is 3.07. The zero-order chi connectivity index (χ0) is 13.1. The van der Waals surface area contributed by atoms with Gasteiger partial charge in [-0.3, -0.25) is 0 Å². The van der Waals surface area contributed by atoms with E-state index in [1.165, 1.54) is 38.5 Å². The number of hydrogen-bond acceptors (Lipinski definition) is 5. The van der Waals surface area contributed by atoms with Gasteiger partial charge in [-0.1, -0.05) is 24.4 Å². The molecule has 1 aliphatic heterocycles. The number of hydrogen-bond donors (Lipinski definition) is 1. The van der Waals surface area contributed by atoms with Crippen molar-refractivity contribution in [3.8, 4) is 0 Å². The van der Waals surface area contributed by atoms with Crippen LogP contribution in [0.2, 0.25) is 0 Å². The van der Waals surface area contributed by atoms with Gasteiger partial charge in [-0.25, -0.2) is 0 Å². The number of nitrogens with one attached hydrogen (secondary N) is 1. The first-order valence-electron chi connectivity index (χ1n) is 7.46. The summed E-state index contributed by atoms with van der Waals surface area (Å²) in [7, 11) is 0. The molecule has 1 aromatic rings. The van der Waals surface area contributed by atoms with Crippen molar-refractivity contribution in [2.24, 2.45) is 0 Å². The summed E-state index contributed by atoms with van der Waals surface area (Å²) in [6, 6.07) is 0. The molecule has 1 saturated carbocycles. The molecule has 1 atom stereocenters. The van der Waals surface area contributed by atoms with Gasteiger partial charge in [-0.05, 0) is 39.2 Å². The van der Waals surface area contributed by atoms with Crippen molar-refractivity contribution >= 4 is 11.8 Å². The largest absolute Gasteiger partial charge is 0.337 e. The van der Waals surface area contributed by atoms with Crippen molar-refractivity contribution in [1.82, 2.24) is 15.5 Å². The molecule has 0 amide bonds. The van der Waals surface area contributed by atoms with Crippen molar-refractivity contribution in [3.63, 3.8) is 0 Å². The summed E-state index contributed by atoms with van der Waals surface area (Å²) in [4.78, 5) is 4.59. The summed E-state index contributed by atoms with van der Waals surface area (Å²) in [6.07, 6.45) is 9.17. The molecule has 4 nitrogen and oxygen atoms in total. The van der Waals surface area contributed by atoms with Gasteiger partial charge < -0.3 is 9.84 Å². The molecular weight excluding hydrogens is 258 g/mol. The Morgan fingerprint density at radius 2 is 2.16 bits per heavy atom. The Kier molecular flexibility index (Phi) is 4.12. The van der Waals surface area contributed by atoms with Crippen LogP contribution in [0.4, 0.5) is 0 Å². The van der Waals surface area contributed by atoms with Crippen LogP contribution in [0, 0.1) is 0 Å². The minimum absolute atomic E-state index is 0.0965. The lowest BCUT2D eigenvalue weighted by Crippen LogP contribution is -2.33. The third-order valence-corrected chi connectivity index (χ3v) is 5.68. The molecule has 1 unspecified atom stereocenters. The summed E-state index contributed by atoms with van der Waals surface area (Å²) in [6.45, 7) is 3.20. The fourth-order valence-electron chi connectivity index (χ4n) is 3.04. The molecule has 1 aromatic heterocycles. The third-order valence-electron chi connectivity index (χ3n) is 4.31. The summed E-state index contributed by atoms with van der Waals surface area (Å²) in [5.41, 5.74) is -0.0965. The molecule has 1 N–H and O–H groups in total. The lowest BCUT2D eigenvalue weighted by molar-refractivity contribution is 0.274. The fourth-order valence-corrected chi connectivity index (χ4v) is 4.21. The normalized spacial score (nSPS) is 28.9. The maximum Gasteiger partial charge on any atom is 0.246 e. The second kappa shape index (κ2) is 5.83. The minimum atomic E-state index is -0.0965. The van der Waals surface area contributed by atoms with E-state index in [1.54, 1.807) is 0 Å². The lowest BCUT2D eigenvalue weighted by Gasteiger charge is -2.20. The Hall–Kier alpha value is -0.550. The van der Waals surface area contributed by atoms with Crippen LogP contribution in [0.25, 0.3) is 0 Å². The predicted octanol–water partition coefficient (Wildman–Crippen LogP) is 3.23. The van der Waals surface area contributed by atoms with E-state index < -0.39 is 0 Å². The summed E-state index contributed by atoms with van der Waals surface area (Å²) >= 11 is 2.00. The first kappa shape index (κ1) is 13.4. The van der Waals surface area contributed by atoms with E-state index in [4.69, 9.17) is 4.52 Å². The topological polar surface area (TPSA) is 51.0 Å². The Morgan fingerprint density at radius 1 is 1.32 bits per heavy atom. The second-order valence-corrected chi connectivity index (χ2v) is 7.24. The van der Waals surface area contributed by atoms with Gasteiger partial charge in [0.15, 0.2) is 5.82 Å². The number of thioether (sulfide) groups is 1. The number of rotatable bonds is 4. The molecule has 0 bridgehead atoms. The van der Waals surface area contributed by atoms with Crippen molar-refractivity contribution in [2.45, 2.75) is 68.4 Å². The van der Waals surface area contributed by atoms with Crippen LogP contribution in [0.15, 0.2) is 4.52 Å². The van der Waals surface area contributed by atoms with Crippen LogP contribution in [-0.2, 0) is 11.3 Å². The Labute approximate surface area is 119 Å². The molecule has 2 fully saturated rings. The van der Waals surface area contributed by atoms with E-state index in [9.17, 15) is 0 Å². The molecule has 3 rings (SSSR count). The van der Waals surface area contributed by atoms with Gasteiger partial charge in [0.05, 0.1) is 11.3 Å². The smallest absolute Gasteiger partial charge is 0.246 e. The zero-order valence-corrected chi connectivity index (χ0v) is 12.5. The highest BCUT2D eigenvalue weighted by molar-refractivity contribution is 7.99. The Balaban J connectivity index is 1.55. The maximum absolute atomic E-state index is 5.45. The molecule has 106 valence electrons. The van der Waals surface area contributed by atoms with Crippen LogP contribution in [-0.4, -0.2) is 21.9 Å². The van der Waals surface area contributed by atoms with Crippen LogP contribution < -0.4 is 5.32 Å². The van der Waals surface area contributed by atoms with Crippen molar-refractivity contribution in [2.75, 3.05) is 6.54 Å². The molecule has 19 heavy (non-hydrogen) atoms. The van der Waals surface area contributed by atoms with Gasteiger partial charge >= 0.3 is 0 Å². The molecule has 0 spiro atoms. The average molecular weight is 281 g/mol. The van der Waals surface area contributed by atoms with Gasteiger partial charge in [0.2, 0.25) is 5.89 Å². The van der Waals surface area contributed by atoms with Gasteiger partial charge in [0.25, 0.3) is 0 Å². The molecule has 2 heterocycles. The molecule has 5 heteroatoms. The first-order valence-corrected chi connectivity index (χ1v) is 8.51. The van der Waals surface area contributed by atoms with Gasteiger partial charge in [-0.15, -0.1) is 0 Å². The van der Waals surface area contributed by atoms with Crippen molar-refractivity contribution < 1.29 is 4.52 Å². The Morgan fingerprint density at radius 3 is 2.89 bits per heavy atom. The molecular formula is C14H23N3OS. The Bertz CT molecular complexity index is 409. The van der Waals surface area contributed by atoms with Crippen LogP contribution in [0.1, 0.15) is 63.6 Å². The van der Waals surface area contributed by atoms with E-state index >= 15 is 0 Å².